The van der Waals surface area contributed by atoms with Crippen LogP contribution in [0.1, 0.15) is 5.56 Å². The first kappa shape index (κ1) is 13.5. The van der Waals surface area contributed by atoms with E-state index in [1.807, 2.05) is 0 Å². The normalized spacial score (nSPS) is 11.5. The molecule has 2 N–H and O–H groups in total. The zero-order valence-electron chi connectivity index (χ0n) is 9.81. The van der Waals surface area contributed by atoms with E-state index in [0.29, 0.717) is 0 Å². The minimum atomic E-state index is -3.81. The highest BCUT2D eigenvalue weighted by Gasteiger charge is 2.20. The van der Waals surface area contributed by atoms with E-state index in [4.69, 9.17) is 5.73 Å². The number of halogens is 2. The van der Waals surface area contributed by atoms with E-state index in [1.54, 1.807) is 6.07 Å². The maximum absolute atomic E-state index is 13.5. The van der Waals surface area contributed by atoms with E-state index in [0.717, 1.165) is 18.2 Å². The van der Waals surface area contributed by atoms with Crippen LogP contribution in [0.4, 0.5) is 14.5 Å². The Bertz CT molecular complexity index is 714. The summed E-state index contributed by atoms with van der Waals surface area (Å²) >= 11 is 0. The number of para-hydroxylation sites is 1. The van der Waals surface area contributed by atoms with Crippen LogP contribution in [0.25, 0.3) is 0 Å². The summed E-state index contributed by atoms with van der Waals surface area (Å²) in [6, 6.07) is 8.59. The van der Waals surface area contributed by atoms with Gasteiger partial charge in [0.1, 0.15) is 11.6 Å². The van der Waals surface area contributed by atoms with Crippen LogP contribution in [0.2, 0.25) is 0 Å². The summed E-state index contributed by atoms with van der Waals surface area (Å²) in [5.74, 6) is -2.09. The van der Waals surface area contributed by atoms with E-state index in [2.05, 4.69) is 0 Å². The Balaban J connectivity index is 2.43. The van der Waals surface area contributed by atoms with Crippen molar-refractivity contribution in [3.8, 4) is 0 Å². The zero-order chi connectivity index (χ0) is 14.0. The molecule has 0 atom stereocenters. The topological polar surface area (TPSA) is 60.2 Å². The largest absolute Gasteiger partial charge is 0.398 e. The van der Waals surface area contributed by atoms with Crippen molar-refractivity contribution in [1.29, 1.82) is 0 Å². The zero-order valence-corrected chi connectivity index (χ0v) is 10.6. The third-order valence-corrected chi connectivity index (χ3v) is 4.34. The molecule has 0 aliphatic rings. The maximum atomic E-state index is 13.5. The Morgan fingerprint density at radius 3 is 2.42 bits per heavy atom. The quantitative estimate of drug-likeness (QED) is 0.880. The van der Waals surface area contributed by atoms with Gasteiger partial charge >= 0.3 is 0 Å². The molecule has 100 valence electrons. The van der Waals surface area contributed by atoms with E-state index in [9.17, 15) is 17.2 Å². The molecule has 0 saturated heterocycles. The highest BCUT2D eigenvalue weighted by molar-refractivity contribution is 7.90. The van der Waals surface area contributed by atoms with Crippen LogP contribution in [0.15, 0.2) is 47.4 Å². The average molecular weight is 283 g/mol. The van der Waals surface area contributed by atoms with Gasteiger partial charge in [-0.25, -0.2) is 17.2 Å². The SMILES string of the molecule is Nc1ccccc1S(=O)(=O)Cc1cc(F)ccc1F. The van der Waals surface area contributed by atoms with Crippen LogP contribution < -0.4 is 5.73 Å². The minimum Gasteiger partial charge on any atom is -0.398 e. The molecule has 0 aromatic heterocycles. The number of sulfone groups is 1. The Labute approximate surface area is 109 Å². The van der Waals surface area contributed by atoms with Gasteiger partial charge in [-0.3, -0.25) is 0 Å². The molecule has 0 amide bonds. The molecular weight excluding hydrogens is 272 g/mol. The fraction of sp³-hybridized carbons (Fsp3) is 0.0769. The fourth-order valence-corrected chi connectivity index (χ4v) is 3.20. The molecule has 19 heavy (non-hydrogen) atoms. The Morgan fingerprint density at radius 2 is 1.74 bits per heavy atom. The second-order valence-corrected chi connectivity index (χ2v) is 5.99. The molecule has 0 aliphatic carbocycles. The number of benzene rings is 2. The second-order valence-electron chi connectivity index (χ2n) is 4.03. The molecule has 0 fully saturated rings. The smallest absolute Gasteiger partial charge is 0.184 e. The van der Waals surface area contributed by atoms with Crippen molar-refractivity contribution in [1.82, 2.24) is 0 Å². The third kappa shape index (κ3) is 2.90. The molecule has 2 aromatic rings. The Hall–Kier alpha value is -1.95. The van der Waals surface area contributed by atoms with Crippen LogP contribution >= 0.6 is 0 Å². The predicted octanol–water partition coefficient (Wildman–Crippen LogP) is 2.52. The van der Waals surface area contributed by atoms with Crippen molar-refractivity contribution in [2.75, 3.05) is 5.73 Å². The molecule has 2 rings (SSSR count). The van der Waals surface area contributed by atoms with Crippen molar-refractivity contribution in [3.05, 3.63) is 59.7 Å². The van der Waals surface area contributed by atoms with Crippen molar-refractivity contribution < 1.29 is 17.2 Å². The van der Waals surface area contributed by atoms with Gasteiger partial charge in [-0.05, 0) is 30.3 Å². The number of nitrogen functional groups attached to an aromatic ring is 1. The van der Waals surface area contributed by atoms with Crippen LogP contribution in [0, 0.1) is 11.6 Å². The van der Waals surface area contributed by atoms with Gasteiger partial charge in [0.05, 0.1) is 16.3 Å². The van der Waals surface area contributed by atoms with Crippen LogP contribution in [-0.2, 0) is 15.6 Å². The van der Waals surface area contributed by atoms with Crippen LogP contribution in [0.3, 0.4) is 0 Å². The second kappa shape index (κ2) is 4.97. The lowest BCUT2D eigenvalue weighted by molar-refractivity contribution is 0.579. The van der Waals surface area contributed by atoms with Gasteiger partial charge in [0, 0.05) is 5.56 Å². The summed E-state index contributed by atoms with van der Waals surface area (Å²) in [7, 11) is -3.81. The molecule has 0 aliphatic heterocycles. The summed E-state index contributed by atoms with van der Waals surface area (Å²) in [4.78, 5) is -0.0846. The van der Waals surface area contributed by atoms with Gasteiger partial charge in [0.15, 0.2) is 9.84 Å². The first-order chi connectivity index (χ1) is 8.90. The van der Waals surface area contributed by atoms with Gasteiger partial charge in [-0.15, -0.1) is 0 Å². The first-order valence-corrected chi connectivity index (χ1v) is 7.06. The van der Waals surface area contributed by atoms with Crippen molar-refractivity contribution in [3.63, 3.8) is 0 Å². The van der Waals surface area contributed by atoms with Gasteiger partial charge in [-0.1, -0.05) is 12.1 Å². The summed E-state index contributed by atoms with van der Waals surface area (Å²) in [6.07, 6.45) is 0. The molecule has 0 spiro atoms. The lowest BCUT2D eigenvalue weighted by Gasteiger charge is -2.08. The van der Waals surface area contributed by atoms with E-state index < -0.39 is 27.2 Å². The van der Waals surface area contributed by atoms with E-state index in [1.165, 1.54) is 18.2 Å². The van der Waals surface area contributed by atoms with E-state index >= 15 is 0 Å². The van der Waals surface area contributed by atoms with Crippen molar-refractivity contribution >= 4 is 15.5 Å². The predicted molar refractivity (Wildman–Crippen MR) is 68.1 cm³/mol. The number of hydrogen-bond donors (Lipinski definition) is 1. The maximum Gasteiger partial charge on any atom is 0.184 e. The molecule has 0 bridgehead atoms. The average Bonchev–Trinajstić information content (AvgIpc) is 2.34. The monoisotopic (exact) mass is 283 g/mol. The Morgan fingerprint density at radius 1 is 1.05 bits per heavy atom. The lowest BCUT2D eigenvalue weighted by Crippen LogP contribution is -2.09. The number of nitrogens with two attached hydrogens (primary N) is 1. The lowest BCUT2D eigenvalue weighted by atomic mass is 10.2. The fourth-order valence-electron chi connectivity index (χ4n) is 1.70. The van der Waals surface area contributed by atoms with Gasteiger partial charge in [-0.2, -0.15) is 0 Å². The molecule has 0 radical (unpaired) electrons. The van der Waals surface area contributed by atoms with Gasteiger partial charge in [0.25, 0.3) is 0 Å². The number of hydrogen-bond acceptors (Lipinski definition) is 3. The summed E-state index contributed by atoms with van der Waals surface area (Å²) in [6.45, 7) is 0. The van der Waals surface area contributed by atoms with Gasteiger partial charge in [0.2, 0.25) is 0 Å². The molecular formula is C13H11F2NO2S. The molecule has 3 nitrogen and oxygen atoms in total. The van der Waals surface area contributed by atoms with E-state index in [-0.39, 0.29) is 16.1 Å². The third-order valence-electron chi connectivity index (χ3n) is 2.61. The van der Waals surface area contributed by atoms with Crippen molar-refractivity contribution in [2.45, 2.75) is 10.6 Å². The van der Waals surface area contributed by atoms with Crippen molar-refractivity contribution in [2.24, 2.45) is 0 Å². The minimum absolute atomic E-state index is 0.0827. The number of rotatable bonds is 3. The molecule has 0 heterocycles. The number of anilines is 1. The van der Waals surface area contributed by atoms with Crippen LogP contribution in [-0.4, -0.2) is 8.42 Å². The molecule has 0 saturated carbocycles. The summed E-state index contributed by atoms with van der Waals surface area (Å²) in [5, 5.41) is 0. The highest BCUT2D eigenvalue weighted by atomic mass is 32.2. The standard InChI is InChI=1S/C13H11F2NO2S/c14-10-5-6-11(15)9(7-10)8-19(17,18)13-4-2-1-3-12(13)16/h1-7H,8,16H2. The molecule has 6 heteroatoms. The van der Waals surface area contributed by atoms with Crippen LogP contribution in [0.5, 0.6) is 0 Å². The van der Waals surface area contributed by atoms with Gasteiger partial charge < -0.3 is 5.73 Å². The Kier molecular flexibility index (Phi) is 3.53. The highest BCUT2D eigenvalue weighted by Crippen LogP contribution is 2.23. The summed E-state index contributed by atoms with van der Waals surface area (Å²) < 4.78 is 50.7. The first-order valence-electron chi connectivity index (χ1n) is 5.41. The molecule has 0 unspecified atom stereocenters. The molecule has 2 aromatic carbocycles. The summed E-state index contributed by atoms with van der Waals surface area (Å²) in [5.41, 5.74) is 5.44.